The van der Waals surface area contributed by atoms with Gasteiger partial charge in [0.2, 0.25) is 5.91 Å². The van der Waals surface area contributed by atoms with Crippen LogP contribution >= 0.6 is 0 Å². The second kappa shape index (κ2) is 8.01. The van der Waals surface area contributed by atoms with Crippen molar-refractivity contribution in [3.63, 3.8) is 0 Å². The molecule has 4 heteroatoms. The van der Waals surface area contributed by atoms with Gasteiger partial charge in [0.15, 0.2) is 0 Å². The largest absolute Gasteiger partial charge is 0.493 e. The third-order valence-corrected chi connectivity index (χ3v) is 4.47. The first-order valence-electron chi connectivity index (χ1n) is 8.48. The number of ether oxygens (including phenoxy) is 1. The number of benzene rings is 1. The van der Waals surface area contributed by atoms with Crippen molar-refractivity contribution in [3.05, 3.63) is 29.8 Å². The van der Waals surface area contributed by atoms with Crippen LogP contribution in [0, 0.1) is 22.7 Å². The van der Waals surface area contributed by atoms with Gasteiger partial charge in [0.05, 0.1) is 12.7 Å². The summed E-state index contributed by atoms with van der Waals surface area (Å²) in [5.74, 6) is 1.26. The lowest BCUT2D eigenvalue weighted by Crippen LogP contribution is -2.37. The average Bonchev–Trinajstić information content (AvgIpc) is 3.03. The number of rotatable bonds is 7. The van der Waals surface area contributed by atoms with E-state index in [9.17, 15) is 10.1 Å². The molecule has 1 fully saturated rings. The molecular formula is C19H26N2O2. The second-order valence-electron chi connectivity index (χ2n) is 6.72. The molecule has 1 N–H and O–H groups in total. The van der Waals surface area contributed by atoms with Crippen molar-refractivity contribution >= 4 is 5.91 Å². The van der Waals surface area contributed by atoms with Gasteiger partial charge >= 0.3 is 0 Å². The first-order valence-corrected chi connectivity index (χ1v) is 8.48. The van der Waals surface area contributed by atoms with Gasteiger partial charge in [0.25, 0.3) is 0 Å². The van der Waals surface area contributed by atoms with E-state index in [-0.39, 0.29) is 5.91 Å². The summed E-state index contributed by atoms with van der Waals surface area (Å²) in [6.45, 7) is 5.40. The normalized spacial score (nSPS) is 16.1. The number of hydrogen-bond acceptors (Lipinski definition) is 3. The smallest absolute Gasteiger partial charge is 0.240 e. The number of para-hydroxylation sites is 1. The molecule has 0 aromatic heterocycles. The quantitative estimate of drug-likeness (QED) is 0.832. The highest BCUT2D eigenvalue weighted by Crippen LogP contribution is 2.37. The van der Waals surface area contributed by atoms with Gasteiger partial charge < -0.3 is 10.1 Å². The Morgan fingerprint density at radius 1 is 1.35 bits per heavy atom. The van der Waals surface area contributed by atoms with E-state index in [0.717, 1.165) is 30.6 Å². The van der Waals surface area contributed by atoms with Crippen LogP contribution in [0.3, 0.4) is 0 Å². The molecule has 124 valence electrons. The van der Waals surface area contributed by atoms with E-state index in [0.29, 0.717) is 31.9 Å². The molecular weight excluding hydrogens is 288 g/mol. The first-order chi connectivity index (χ1) is 11.1. The first kappa shape index (κ1) is 17.3. The van der Waals surface area contributed by atoms with Crippen LogP contribution in [0.5, 0.6) is 5.75 Å². The predicted octanol–water partition coefficient (Wildman–Crippen LogP) is 3.81. The maximum absolute atomic E-state index is 12.4. The van der Waals surface area contributed by atoms with Crippen LogP contribution in [0.4, 0.5) is 0 Å². The highest BCUT2D eigenvalue weighted by atomic mass is 16.5. The van der Waals surface area contributed by atoms with Crippen molar-refractivity contribution in [2.45, 2.75) is 52.5 Å². The van der Waals surface area contributed by atoms with Crippen LogP contribution in [0.1, 0.15) is 51.5 Å². The highest BCUT2D eigenvalue weighted by Gasteiger charge is 2.41. The Morgan fingerprint density at radius 2 is 2.04 bits per heavy atom. The molecule has 1 aromatic carbocycles. The molecule has 1 amide bonds. The Morgan fingerprint density at radius 3 is 2.70 bits per heavy atom. The van der Waals surface area contributed by atoms with Crippen LogP contribution in [0.15, 0.2) is 24.3 Å². The second-order valence-corrected chi connectivity index (χ2v) is 6.72. The standard InChI is InChI=1S/C19H26N2O2/c1-15(2)9-12-23-17-8-4-3-7-16(17)13-21-18(22)19(14-20)10-5-6-11-19/h3-4,7-8,15H,5-6,9-13H2,1-2H3,(H,21,22). The fourth-order valence-electron chi connectivity index (χ4n) is 2.91. The highest BCUT2D eigenvalue weighted by molar-refractivity contribution is 5.85. The number of nitrogens with one attached hydrogen (secondary N) is 1. The van der Waals surface area contributed by atoms with Crippen molar-refractivity contribution in [2.75, 3.05) is 6.61 Å². The Labute approximate surface area is 138 Å². The summed E-state index contributed by atoms with van der Waals surface area (Å²) in [7, 11) is 0. The topological polar surface area (TPSA) is 62.1 Å². The number of nitriles is 1. The summed E-state index contributed by atoms with van der Waals surface area (Å²) < 4.78 is 5.84. The SMILES string of the molecule is CC(C)CCOc1ccccc1CNC(=O)C1(C#N)CCCC1. The lowest BCUT2D eigenvalue weighted by Gasteiger charge is -2.20. The molecule has 0 radical (unpaired) electrons. The molecule has 0 unspecified atom stereocenters. The summed E-state index contributed by atoms with van der Waals surface area (Å²) in [5, 5.41) is 12.3. The molecule has 0 atom stereocenters. The molecule has 4 nitrogen and oxygen atoms in total. The molecule has 1 saturated carbocycles. The third kappa shape index (κ3) is 4.48. The van der Waals surface area contributed by atoms with Crippen LogP contribution in [0.2, 0.25) is 0 Å². The molecule has 1 aliphatic rings. The summed E-state index contributed by atoms with van der Waals surface area (Å²) in [4.78, 5) is 12.4. The number of carbonyl (C=O) groups excluding carboxylic acids is 1. The van der Waals surface area contributed by atoms with Crippen molar-refractivity contribution < 1.29 is 9.53 Å². The van der Waals surface area contributed by atoms with Gasteiger partial charge in [0.1, 0.15) is 11.2 Å². The Balaban J connectivity index is 1.95. The zero-order chi connectivity index (χ0) is 16.7. The number of hydrogen-bond donors (Lipinski definition) is 1. The molecule has 23 heavy (non-hydrogen) atoms. The summed E-state index contributed by atoms with van der Waals surface area (Å²) in [6.07, 6.45) is 4.24. The molecule has 1 aliphatic carbocycles. The number of nitrogens with zero attached hydrogens (tertiary/aromatic N) is 1. The molecule has 0 aliphatic heterocycles. The molecule has 1 aromatic rings. The van der Waals surface area contributed by atoms with Crippen LogP contribution < -0.4 is 10.1 Å². The van der Waals surface area contributed by atoms with Gasteiger partial charge in [-0.15, -0.1) is 0 Å². The van der Waals surface area contributed by atoms with Gasteiger partial charge in [-0.05, 0) is 31.2 Å². The van der Waals surface area contributed by atoms with Gasteiger partial charge in [-0.1, -0.05) is 44.9 Å². The number of carbonyl (C=O) groups is 1. The monoisotopic (exact) mass is 314 g/mol. The maximum Gasteiger partial charge on any atom is 0.240 e. The van der Waals surface area contributed by atoms with Gasteiger partial charge in [-0.25, -0.2) is 0 Å². The molecule has 0 spiro atoms. The van der Waals surface area contributed by atoms with E-state index in [1.54, 1.807) is 0 Å². The van der Waals surface area contributed by atoms with E-state index in [4.69, 9.17) is 4.74 Å². The van der Waals surface area contributed by atoms with Crippen LogP contribution in [-0.4, -0.2) is 12.5 Å². The summed E-state index contributed by atoms with van der Waals surface area (Å²) in [6, 6.07) is 9.99. The minimum atomic E-state index is -0.826. The minimum Gasteiger partial charge on any atom is -0.493 e. The lowest BCUT2D eigenvalue weighted by molar-refractivity contribution is -0.128. The van der Waals surface area contributed by atoms with E-state index in [2.05, 4.69) is 25.2 Å². The maximum atomic E-state index is 12.4. The van der Waals surface area contributed by atoms with E-state index in [1.165, 1.54) is 0 Å². The van der Waals surface area contributed by atoms with Crippen LogP contribution in [-0.2, 0) is 11.3 Å². The Bertz CT molecular complexity index is 569. The zero-order valence-corrected chi connectivity index (χ0v) is 14.1. The zero-order valence-electron chi connectivity index (χ0n) is 14.1. The molecule has 0 bridgehead atoms. The van der Waals surface area contributed by atoms with Crippen molar-refractivity contribution in [1.29, 1.82) is 5.26 Å². The molecule has 0 saturated heterocycles. The lowest BCUT2D eigenvalue weighted by atomic mass is 9.87. The fourth-order valence-corrected chi connectivity index (χ4v) is 2.91. The van der Waals surface area contributed by atoms with Crippen LogP contribution in [0.25, 0.3) is 0 Å². The summed E-state index contributed by atoms with van der Waals surface area (Å²) >= 11 is 0. The van der Waals surface area contributed by atoms with Crippen molar-refractivity contribution in [2.24, 2.45) is 11.3 Å². The van der Waals surface area contributed by atoms with E-state index < -0.39 is 5.41 Å². The Kier molecular flexibility index (Phi) is 6.04. The van der Waals surface area contributed by atoms with Crippen molar-refractivity contribution in [3.8, 4) is 11.8 Å². The van der Waals surface area contributed by atoms with Crippen molar-refractivity contribution in [1.82, 2.24) is 5.32 Å². The van der Waals surface area contributed by atoms with E-state index >= 15 is 0 Å². The summed E-state index contributed by atoms with van der Waals surface area (Å²) in [5.41, 5.74) is 0.128. The fraction of sp³-hybridized carbons (Fsp3) is 0.579. The van der Waals surface area contributed by atoms with E-state index in [1.807, 2.05) is 24.3 Å². The minimum absolute atomic E-state index is 0.144. The molecule has 0 heterocycles. The molecule has 2 rings (SSSR count). The average molecular weight is 314 g/mol. The van der Waals surface area contributed by atoms with Gasteiger partial charge in [-0.3, -0.25) is 4.79 Å². The number of amides is 1. The third-order valence-electron chi connectivity index (χ3n) is 4.47. The van der Waals surface area contributed by atoms with Gasteiger partial charge in [0, 0.05) is 12.1 Å². The van der Waals surface area contributed by atoms with Gasteiger partial charge in [-0.2, -0.15) is 5.26 Å². The Hall–Kier alpha value is -2.02. The predicted molar refractivity (Wildman–Crippen MR) is 89.8 cm³/mol.